The molecule has 0 spiro atoms. The largest absolute Gasteiger partial charge is 0.370 e. The first-order valence-electron chi connectivity index (χ1n) is 8.88. The molecule has 2 rings (SSSR count). The average Bonchev–Trinajstić information content (AvgIpc) is 2.65. The van der Waals surface area contributed by atoms with E-state index in [4.69, 9.17) is 0 Å². The van der Waals surface area contributed by atoms with Crippen LogP contribution in [0.4, 0.5) is 5.69 Å². The number of amides is 1. The predicted molar refractivity (Wildman–Crippen MR) is 109 cm³/mol. The molecule has 0 saturated heterocycles. The van der Waals surface area contributed by atoms with Crippen molar-refractivity contribution in [2.24, 2.45) is 0 Å². The van der Waals surface area contributed by atoms with Gasteiger partial charge < -0.3 is 10.2 Å². The fraction of sp³-hybridized carbons (Fsp3) is 0.350. The number of anilines is 1. The Balaban J connectivity index is 2.01. The van der Waals surface area contributed by atoms with E-state index in [9.17, 15) is 13.2 Å². The quantitative estimate of drug-likeness (QED) is 0.753. The van der Waals surface area contributed by atoms with E-state index in [2.05, 4.69) is 23.2 Å². The molecule has 2 aromatic carbocycles. The Bertz CT molecular complexity index is 895. The number of nitrogens with zero attached hydrogens (tertiary/aromatic N) is 2. The Kier molecular flexibility index (Phi) is 6.98. The van der Waals surface area contributed by atoms with Crippen LogP contribution in [0, 0.1) is 6.92 Å². The molecule has 0 fully saturated rings. The monoisotopic (exact) mass is 389 g/mol. The summed E-state index contributed by atoms with van der Waals surface area (Å²) in [7, 11) is -0.636. The van der Waals surface area contributed by atoms with Crippen molar-refractivity contribution in [3.05, 3.63) is 59.7 Å². The van der Waals surface area contributed by atoms with Crippen LogP contribution in [0.5, 0.6) is 0 Å². The minimum Gasteiger partial charge on any atom is -0.370 e. The summed E-state index contributed by atoms with van der Waals surface area (Å²) in [6.45, 7) is 6.08. The highest BCUT2D eigenvalue weighted by atomic mass is 32.2. The maximum atomic E-state index is 12.4. The topological polar surface area (TPSA) is 69.7 Å². The van der Waals surface area contributed by atoms with E-state index in [-0.39, 0.29) is 10.8 Å². The molecule has 0 aliphatic heterocycles. The van der Waals surface area contributed by atoms with Gasteiger partial charge in [0.2, 0.25) is 10.0 Å². The number of carbonyl (C=O) groups is 1. The van der Waals surface area contributed by atoms with Gasteiger partial charge in [-0.2, -0.15) is 0 Å². The third-order valence-electron chi connectivity index (χ3n) is 4.29. The van der Waals surface area contributed by atoms with Crippen molar-refractivity contribution in [2.45, 2.75) is 18.7 Å². The Labute approximate surface area is 161 Å². The SMILES string of the molecule is CCN(CCNC(=O)c1cccc(S(=O)(=O)N(C)C)c1)c1cccc(C)c1. The van der Waals surface area contributed by atoms with Crippen LogP contribution in [0.3, 0.4) is 0 Å². The highest BCUT2D eigenvalue weighted by Gasteiger charge is 2.18. The summed E-state index contributed by atoms with van der Waals surface area (Å²) in [5, 5.41) is 2.87. The lowest BCUT2D eigenvalue weighted by atomic mass is 10.2. The van der Waals surface area contributed by atoms with E-state index in [0.717, 1.165) is 16.5 Å². The van der Waals surface area contributed by atoms with Crippen molar-refractivity contribution in [1.82, 2.24) is 9.62 Å². The smallest absolute Gasteiger partial charge is 0.251 e. The molecular weight excluding hydrogens is 362 g/mol. The van der Waals surface area contributed by atoms with Crippen LogP contribution in [0.25, 0.3) is 0 Å². The number of carbonyl (C=O) groups excluding carboxylic acids is 1. The number of hydrogen-bond acceptors (Lipinski definition) is 4. The number of benzene rings is 2. The predicted octanol–water partition coefficient (Wildman–Crippen LogP) is 2.50. The first kappa shape index (κ1) is 20.9. The lowest BCUT2D eigenvalue weighted by Gasteiger charge is -2.23. The van der Waals surface area contributed by atoms with Crippen LogP contribution >= 0.6 is 0 Å². The summed E-state index contributed by atoms with van der Waals surface area (Å²) in [6.07, 6.45) is 0. The van der Waals surface area contributed by atoms with Crippen LogP contribution in [0.15, 0.2) is 53.4 Å². The Hall–Kier alpha value is -2.38. The van der Waals surface area contributed by atoms with Crippen molar-refractivity contribution in [2.75, 3.05) is 38.6 Å². The van der Waals surface area contributed by atoms with Crippen molar-refractivity contribution in [3.8, 4) is 0 Å². The normalized spacial score (nSPS) is 11.4. The highest BCUT2D eigenvalue weighted by Crippen LogP contribution is 2.16. The van der Waals surface area contributed by atoms with Crippen molar-refractivity contribution in [1.29, 1.82) is 0 Å². The zero-order chi connectivity index (χ0) is 20.0. The van der Waals surface area contributed by atoms with Crippen molar-refractivity contribution in [3.63, 3.8) is 0 Å². The van der Waals surface area contributed by atoms with Gasteiger partial charge in [0.15, 0.2) is 0 Å². The number of likely N-dealkylation sites (N-methyl/N-ethyl adjacent to an activating group) is 1. The van der Waals surface area contributed by atoms with E-state index in [1.165, 1.54) is 31.8 Å². The first-order valence-corrected chi connectivity index (χ1v) is 10.3. The van der Waals surface area contributed by atoms with E-state index < -0.39 is 10.0 Å². The van der Waals surface area contributed by atoms with Gasteiger partial charge in [0, 0.05) is 45.0 Å². The van der Waals surface area contributed by atoms with Gasteiger partial charge in [-0.15, -0.1) is 0 Å². The standard InChI is InChI=1S/C20H27N3O3S/c1-5-23(18-10-6-8-16(2)14-18)13-12-21-20(24)17-9-7-11-19(15-17)27(25,26)22(3)4/h6-11,14-15H,5,12-13H2,1-4H3,(H,21,24). The van der Waals surface area contributed by atoms with Gasteiger partial charge >= 0.3 is 0 Å². The zero-order valence-electron chi connectivity index (χ0n) is 16.3. The van der Waals surface area contributed by atoms with Gasteiger partial charge in [-0.1, -0.05) is 18.2 Å². The maximum Gasteiger partial charge on any atom is 0.251 e. The molecule has 146 valence electrons. The number of sulfonamides is 1. The van der Waals surface area contributed by atoms with Gasteiger partial charge in [0.1, 0.15) is 0 Å². The molecule has 0 atom stereocenters. The molecule has 7 heteroatoms. The summed E-state index contributed by atoms with van der Waals surface area (Å²) < 4.78 is 25.6. The van der Waals surface area contributed by atoms with Crippen LogP contribution in [0.1, 0.15) is 22.8 Å². The summed E-state index contributed by atoms with van der Waals surface area (Å²) in [5.41, 5.74) is 2.64. The molecule has 1 amide bonds. The number of aryl methyl sites for hydroxylation is 1. The molecule has 0 unspecified atom stereocenters. The molecule has 0 aliphatic rings. The summed E-state index contributed by atoms with van der Waals surface area (Å²) in [6, 6.07) is 14.3. The van der Waals surface area contributed by atoms with Gasteiger partial charge in [-0.05, 0) is 49.7 Å². The third kappa shape index (κ3) is 5.30. The van der Waals surface area contributed by atoms with Gasteiger partial charge in [0.25, 0.3) is 5.91 Å². The molecule has 0 aromatic heterocycles. The lowest BCUT2D eigenvalue weighted by molar-refractivity contribution is 0.0954. The summed E-state index contributed by atoms with van der Waals surface area (Å²) in [4.78, 5) is 14.7. The van der Waals surface area contributed by atoms with Crippen LogP contribution < -0.4 is 10.2 Å². The molecule has 6 nitrogen and oxygen atoms in total. The maximum absolute atomic E-state index is 12.4. The Morgan fingerprint density at radius 3 is 2.41 bits per heavy atom. The second-order valence-electron chi connectivity index (χ2n) is 6.49. The molecule has 0 saturated carbocycles. The molecule has 0 bridgehead atoms. The van der Waals surface area contributed by atoms with Crippen molar-refractivity contribution < 1.29 is 13.2 Å². The van der Waals surface area contributed by atoms with Crippen LogP contribution in [-0.4, -0.2) is 52.4 Å². The summed E-state index contributed by atoms with van der Waals surface area (Å²) >= 11 is 0. The fourth-order valence-corrected chi connectivity index (χ4v) is 3.66. The number of nitrogens with one attached hydrogen (secondary N) is 1. The Morgan fingerprint density at radius 2 is 1.78 bits per heavy atom. The van der Waals surface area contributed by atoms with E-state index in [1.54, 1.807) is 12.1 Å². The van der Waals surface area contributed by atoms with E-state index in [0.29, 0.717) is 18.7 Å². The van der Waals surface area contributed by atoms with Gasteiger partial charge in [-0.3, -0.25) is 4.79 Å². The molecule has 0 heterocycles. The lowest BCUT2D eigenvalue weighted by Crippen LogP contribution is -2.35. The molecular formula is C20H27N3O3S. The highest BCUT2D eigenvalue weighted by molar-refractivity contribution is 7.89. The molecule has 0 aliphatic carbocycles. The van der Waals surface area contributed by atoms with Crippen molar-refractivity contribution >= 4 is 21.6 Å². The molecule has 0 radical (unpaired) electrons. The second kappa shape index (κ2) is 9.01. The number of rotatable bonds is 8. The van der Waals surface area contributed by atoms with Crippen LogP contribution in [-0.2, 0) is 10.0 Å². The fourth-order valence-electron chi connectivity index (χ4n) is 2.71. The second-order valence-corrected chi connectivity index (χ2v) is 8.64. The van der Waals surface area contributed by atoms with E-state index in [1.807, 2.05) is 25.1 Å². The number of hydrogen-bond donors (Lipinski definition) is 1. The summed E-state index contributed by atoms with van der Waals surface area (Å²) in [5.74, 6) is -0.286. The Morgan fingerprint density at radius 1 is 1.07 bits per heavy atom. The first-order chi connectivity index (χ1) is 12.8. The third-order valence-corrected chi connectivity index (χ3v) is 6.10. The average molecular weight is 390 g/mol. The van der Waals surface area contributed by atoms with Gasteiger partial charge in [-0.25, -0.2) is 12.7 Å². The van der Waals surface area contributed by atoms with Crippen LogP contribution in [0.2, 0.25) is 0 Å². The van der Waals surface area contributed by atoms with E-state index >= 15 is 0 Å². The minimum absolute atomic E-state index is 0.107. The minimum atomic E-state index is -3.57. The van der Waals surface area contributed by atoms with Gasteiger partial charge in [0.05, 0.1) is 4.90 Å². The molecule has 1 N–H and O–H groups in total. The molecule has 2 aromatic rings. The zero-order valence-corrected chi connectivity index (χ0v) is 17.1. The molecule has 27 heavy (non-hydrogen) atoms.